The molecule has 1 aliphatic rings. The van der Waals surface area contributed by atoms with Crippen LogP contribution in [-0.2, 0) is 6.42 Å². The molecule has 5 heteroatoms. The fraction of sp³-hybridized carbons (Fsp3) is 0.750. The van der Waals surface area contributed by atoms with Crippen molar-refractivity contribution in [3.63, 3.8) is 0 Å². The Balaban J connectivity index is 2.30. The topological polar surface area (TPSA) is 68.0 Å². The maximum absolute atomic E-state index is 11.3. The molecule has 0 radical (unpaired) electrons. The molecule has 0 spiro atoms. The van der Waals surface area contributed by atoms with Gasteiger partial charge in [0.15, 0.2) is 5.69 Å². The molecule has 17 heavy (non-hydrogen) atoms. The fourth-order valence-electron chi connectivity index (χ4n) is 2.54. The third-order valence-corrected chi connectivity index (χ3v) is 3.47. The second-order valence-corrected chi connectivity index (χ2v) is 4.63. The molecule has 1 N–H and O–H groups in total. The summed E-state index contributed by atoms with van der Waals surface area (Å²) in [6, 6.07) is 0.219. The van der Waals surface area contributed by atoms with Gasteiger partial charge in [-0.15, -0.1) is 5.10 Å². The highest BCUT2D eigenvalue weighted by Gasteiger charge is 2.24. The van der Waals surface area contributed by atoms with Crippen LogP contribution < -0.4 is 0 Å². The molecule has 94 valence electrons. The number of carboxylic acid groups (broad SMARTS) is 1. The molecule has 0 aliphatic heterocycles. The predicted octanol–water partition coefficient (Wildman–Crippen LogP) is 2.43. The first-order chi connectivity index (χ1) is 8.24. The van der Waals surface area contributed by atoms with Gasteiger partial charge in [0.2, 0.25) is 0 Å². The lowest BCUT2D eigenvalue weighted by Crippen LogP contribution is -2.17. The molecule has 1 heterocycles. The van der Waals surface area contributed by atoms with Gasteiger partial charge < -0.3 is 5.11 Å². The summed E-state index contributed by atoms with van der Waals surface area (Å²) in [6.07, 6.45) is 7.46. The van der Waals surface area contributed by atoms with Crippen LogP contribution in [0.4, 0.5) is 0 Å². The molecule has 0 atom stereocenters. The maximum atomic E-state index is 11.3. The van der Waals surface area contributed by atoms with Crippen molar-refractivity contribution in [3.8, 4) is 0 Å². The number of hydrogen-bond donors (Lipinski definition) is 1. The van der Waals surface area contributed by atoms with Crippen LogP contribution in [0.2, 0.25) is 0 Å². The summed E-state index contributed by atoms with van der Waals surface area (Å²) in [5.74, 6) is -0.906. The lowest BCUT2D eigenvalue weighted by atomic mass is 10.1. The zero-order chi connectivity index (χ0) is 12.3. The second kappa shape index (κ2) is 5.29. The summed E-state index contributed by atoms with van der Waals surface area (Å²) in [4.78, 5) is 11.3. The highest BCUT2D eigenvalue weighted by Crippen LogP contribution is 2.28. The molecular formula is C12H19N3O2. The van der Waals surface area contributed by atoms with Crippen LogP contribution in [0.25, 0.3) is 0 Å². The lowest BCUT2D eigenvalue weighted by molar-refractivity contribution is 0.0678. The molecule has 1 aromatic heterocycles. The van der Waals surface area contributed by atoms with Crippen molar-refractivity contribution < 1.29 is 9.90 Å². The van der Waals surface area contributed by atoms with Crippen molar-refractivity contribution in [2.45, 2.75) is 57.9 Å². The molecule has 1 aromatic rings. The van der Waals surface area contributed by atoms with E-state index in [9.17, 15) is 9.90 Å². The SMILES string of the molecule is CCc1nnn(C2CCCCCC2)c1C(=O)O. The lowest BCUT2D eigenvalue weighted by Gasteiger charge is -2.15. The van der Waals surface area contributed by atoms with Gasteiger partial charge in [-0.3, -0.25) is 0 Å². The van der Waals surface area contributed by atoms with Gasteiger partial charge in [-0.25, -0.2) is 9.48 Å². The van der Waals surface area contributed by atoms with E-state index in [4.69, 9.17) is 0 Å². The van der Waals surface area contributed by atoms with Gasteiger partial charge in [0.1, 0.15) is 0 Å². The highest BCUT2D eigenvalue weighted by molar-refractivity contribution is 5.86. The van der Waals surface area contributed by atoms with E-state index in [0.29, 0.717) is 17.8 Å². The van der Waals surface area contributed by atoms with Crippen molar-refractivity contribution in [1.29, 1.82) is 0 Å². The van der Waals surface area contributed by atoms with Crippen LogP contribution in [0.5, 0.6) is 0 Å². The molecule has 0 bridgehead atoms. The number of aromatic nitrogens is 3. The Bertz CT molecular complexity index is 392. The van der Waals surface area contributed by atoms with Crippen LogP contribution in [0.1, 0.15) is 67.7 Å². The third-order valence-electron chi connectivity index (χ3n) is 3.47. The minimum Gasteiger partial charge on any atom is -0.476 e. The van der Waals surface area contributed by atoms with Crippen molar-refractivity contribution in [1.82, 2.24) is 15.0 Å². The molecule has 1 aliphatic carbocycles. The standard InChI is InChI=1S/C12H19N3O2/c1-2-10-11(12(16)17)15(14-13-10)9-7-5-3-4-6-8-9/h9H,2-8H2,1H3,(H,16,17). The Kier molecular flexibility index (Phi) is 3.76. The van der Waals surface area contributed by atoms with E-state index in [1.165, 1.54) is 12.8 Å². The van der Waals surface area contributed by atoms with Gasteiger partial charge in [-0.1, -0.05) is 37.8 Å². The van der Waals surface area contributed by atoms with E-state index < -0.39 is 5.97 Å². The van der Waals surface area contributed by atoms with E-state index in [-0.39, 0.29) is 6.04 Å². The Hall–Kier alpha value is -1.39. The van der Waals surface area contributed by atoms with Crippen molar-refractivity contribution in [3.05, 3.63) is 11.4 Å². The summed E-state index contributed by atoms with van der Waals surface area (Å²) in [5.41, 5.74) is 0.890. The van der Waals surface area contributed by atoms with Crippen LogP contribution in [0, 0.1) is 0 Å². The minimum atomic E-state index is -0.906. The van der Waals surface area contributed by atoms with E-state index in [0.717, 1.165) is 25.7 Å². The zero-order valence-electron chi connectivity index (χ0n) is 10.2. The van der Waals surface area contributed by atoms with Gasteiger partial charge in [-0.2, -0.15) is 0 Å². The van der Waals surface area contributed by atoms with E-state index >= 15 is 0 Å². The summed E-state index contributed by atoms with van der Waals surface area (Å²) in [7, 11) is 0. The maximum Gasteiger partial charge on any atom is 0.356 e. The predicted molar refractivity (Wildman–Crippen MR) is 63.1 cm³/mol. The monoisotopic (exact) mass is 237 g/mol. The van der Waals surface area contributed by atoms with E-state index in [2.05, 4.69) is 10.3 Å². The number of nitrogens with zero attached hydrogens (tertiary/aromatic N) is 3. The number of carbonyl (C=O) groups is 1. The molecule has 0 aromatic carbocycles. The highest BCUT2D eigenvalue weighted by atomic mass is 16.4. The summed E-state index contributed by atoms with van der Waals surface area (Å²) < 4.78 is 1.65. The van der Waals surface area contributed by atoms with Crippen LogP contribution >= 0.6 is 0 Å². The van der Waals surface area contributed by atoms with Gasteiger partial charge >= 0.3 is 5.97 Å². The number of aryl methyl sites for hydroxylation is 1. The number of aromatic carboxylic acids is 1. The minimum absolute atomic E-state index is 0.219. The van der Waals surface area contributed by atoms with Crippen molar-refractivity contribution in [2.75, 3.05) is 0 Å². The fourth-order valence-corrected chi connectivity index (χ4v) is 2.54. The van der Waals surface area contributed by atoms with E-state index in [1.807, 2.05) is 6.92 Å². The zero-order valence-corrected chi connectivity index (χ0v) is 10.2. The average Bonchev–Trinajstić information content (AvgIpc) is 2.56. The van der Waals surface area contributed by atoms with E-state index in [1.54, 1.807) is 4.68 Å². The second-order valence-electron chi connectivity index (χ2n) is 4.63. The molecule has 1 fully saturated rings. The van der Waals surface area contributed by atoms with Crippen molar-refractivity contribution in [2.24, 2.45) is 0 Å². The summed E-state index contributed by atoms with van der Waals surface area (Å²) in [6.45, 7) is 1.91. The first kappa shape index (κ1) is 12.1. The first-order valence-electron chi connectivity index (χ1n) is 6.41. The van der Waals surface area contributed by atoms with Crippen LogP contribution in [0.15, 0.2) is 0 Å². The third kappa shape index (κ3) is 2.48. The first-order valence-corrected chi connectivity index (χ1v) is 6.41. The van der Waals surface area contributed by atoms with Gasteiger partial charge in [0.25, 0.3) is 0 Å². The Labute approximate surface area is 101 Å². The average molecular weight is 237 g/mol. The number of carboxylic acids is 1. The molecule has 5 nitrogen and oxygen atoms in total. The largest absolute Gasteiger partial charge is 0.476 e. The molecule has 0 amide bonds. The summed E-state index contributed by atoms with van der Waals surface area (Å²) >= 11 is 0. The Morgan fingerprint density at radius 3 is 2.53 bits per heavy atom. The molecule has 0 saturated heterocycles. The number of rotatable bonds is 3. The molecule has 2 rings (SSSR count). The Morgan fingerprint density at radius 2 is 2.00 bits per heavy atom. The van der Waals surface area contributed by atoms with Gasteiger partial charge in [-0.05, 0) is 19.3 Å². The Morgan fingerprint density at radius 1 is 1.35 bits per heavy atom. The smallest absolute Gasteiger partial charge is 0.356 e. The molecule has 0 unspecified atom stereocenters. The van der Waals surface area contributed by atoms with Crippen LogP contribution in [-0.4, -0.2) is 26.1 Å². The molecule has 1 saturated carbocycles. The van der Waals surface area contributed by atoms with Crippen LogP contribution in [0.3, 0.4) is 0 Å². The quantitative estimate of drug-likeness (QED) is 0.820. The van der Waals surface area contributed by atoms with Gasteiger partial charge in [0.05, 0.1) is 11.7 Å². The van der Waals surface area contributed by atoms with Gasteiger partial charge in [0, 0.05) is 0 Å². The number of hydrogen-bond acceptors (Lipinski definition) is 3. The van der Waals surface area contributed by atoms with Crippen molar-refractivity contribution >= 4 is 5.97 Å². The summed E-state index contributed by atoms with van der Waals surface area (Å²) in [5, 5.41) is 17.3. The molecular weight excluding hydrogens is 218 g/mol. The normalized spacial score (nSPS) is 17.9.